The van der Waals surface area contributed by atoms with Crippen molar-refractivity contribution >= 4 is 11.6 Å². The highest BCUT2D eigenvalue weighted by Crippen LogP contribution is 2.20. The van der Waals surface area contributed by atoms with Crippen molar-refractivity contribution in [3.63, 3.8) is 0 Å². The van der Waals surface area contributed by atoms with Crippen molar-refractivity contribution in [3.8, 4) is 0 Å². The first kappa shape index (κ1) is 14.6. The van der Waals surface area contributed by atoms with Crippen LogP contribution in [0.15, 0.2) is 42.7 Å². The summed E-state index contributed by atoms with van der Waals surface area (Å²) in [6, 6.07) is 7.86. The second-order valence-electron chi connectivity index (χ2n) is 4.73. The molecule has 0 bridgehead atoms. The highest BCUT2D eigenvalue weighted by molar-refractivity contribution is 5.95. The first-order valence-corrected chi connectivity index (χ1v) is 6.45. The number of carbonyl (C=O) groups is 1. The molecule has 2 rings (SSSR count). The number of rotatable bonds is 4. The van der Waals surface area contributed by atoms with Crippen LogP contribution in [-0.2, 0) is 0 Å². The minimum Gasteiger partial charge on any atom is -0.346 e. The molecule has 0 saturated heterocycles. The number of nitrogens with one attached hydrogen (secondary N) is 1. The Kier molecular flexibility index (Phi) is 4.27. The lowest BCUT2D eigenvalue weighted by molar-refractivity contribution is -0.385. The van der Waals surface area contributed by atoms with Crippen LogP contribution in [0.1, 0.15) is 34.5 Å². The van der Waals surface area contributed by atoms with E-state index in [2.05, 4.69) is 10.3 Å². The third-order valence-electron chi connectivity index (χ3n) is 3.22. The van der Waals surface area contributed by atoms with Gasteiger partial charge in [0.25, 0.3) is 11.6 Å². The van der Waals surface area contributed by atoms with Gasteiger partial charge in [0.2, 0.25) is 0 Å². The van der Waals surface area contributed by atoms with E-state index in [1.165, 1.54) is 6.07 Å². The zero-order valence-corrected chi connectivity index (χ0v) is 11.7. The van der Waals surface area contributed by atoms with E-state index >= 15 is 0 Å². The van der Waals surface area contributed by atoms with Crippen LogP contribution in [0.4, 0.5) is 5.69 Å². The van der Waals surface area contributed by atoms with Gasteiger partial charge in [-0.05, 0) is 37.6 Å². The van der Waals surface area contributed by atoms with Gasteiger partial charge in [0.05, 0.1) is 11.0 Å². The monoisotopic (exact) mass is 285 g/mol. The van der Waals surface area contributed by atoms with Gasteiger partial charge in [-0.3, -0.25) is 19.9 Å². The summed E-state index contributed by atoms with van der Waals surface area (Å²) in [6.45, 7) is 3.48. The van der Waals surface area contributed by atoms with Crippen molar-refractivity contribution in [1.29, 1.82) is 0 Å². The summed E-state index contributed by atoms with van der Waals surface area (Å²) in [5, 5.41) is 13.7. The second kappa shape index (κ2) is 6.13. The van der Waals surface area contributed by atoms with E-state index in [-0.39, 0.29) is 23.2 Å². The van der Waals surface area contributed by atoms with Crippen molar-refractivity contribution in [2.24, 2.45) is 0 Å². The highest BCUT2D eigenvalue weighted by atomic mass is 16.6. The molecule has 21 heavy (non-hydrogen) atoms. The number of nitro benzene ring substituents is 1. The van der Waals surface area contributed by atoms with Crippen molar-refractivity contribution in [2.75, 3.05) is 0 Å². The minimum atomic E-state index is -0.488. The fourth-order valence-electron chi connectivity index (χ4n) is 1.96. The number of pyridine rings is 1. The molecule has 0 aliphatic carbocycles. The van der Waals surface area contributed by atoms with Crippen LogP contribution in [0.2, 0.25) is 0 Å². The number of aromatic nitrogens is 1. The smallest absolute Gasteiger partial charge is 0.273 e. The van der Waals surface area contributed by atoms with E-state index in [4.69, 9.17) is 0 Å². The van der Waals surface area contributed by atoms with Crippen LogP contribution in [0.25, 0.3) is 0 Å². The Bertz CT molecular complexity index is 671. The Morgan fingerprint density at radius 1 is 1.29 bits per heavy atom. The third kappa shape index (κ3) is 3.42. The maximum absolute atomic E-state index is 12.2. The summed E-state index contributed by atoms with van der Waals surface area (Å²) in [4.78, 5) is 26.5. The van der Waals surface area contributed by atoms with Crippen molar-refractivity contribution in [3.05, 3.63) is 69.5 Å². The van der Waals surface area contributed by atoms with E-state index in [1.807, 2.05) is 19.1 Å². The fraction of sp³-hybridized carbons (Fsp3) is 0.200. The van der Waals surface area contributed by atoms with Gasteiger partial charge in [-0.15, -0.1) is 0 Å². The molecule has 1 N–H and O–H groups in total. The molecule has 0 saturated carbocycles. The summed E-state index contributed by atoms with van der Waals surface area (Å²) in [7, 11) is 0. The van der Waals surface area contributed by atoms with Gasteiger partial charge in [0, 0.05) is 29.6 Å². The molecule has 0 aliphatic rings. The van der Waals surface area contributed by atoms with Gasteiger partial charge in [-0.25, -0.2) is 0 Å². The zero-order valence-electron chi connectivity index (χ0n) is 11.7. The van der Waals surface area contributed by atoms with E-state index in [0.29, 0.717) is 5.56 Å². The lowest BCUT2D eigenvalue weighted by Crippen LogP contribution is -2.26. The molecule has 1 aromatic heterocycles. The van der Waals surface area contributed by atoms with Crippen molar-refractivity contribution < 1.29 is 9.72 Å². The lowest BCUT2D eigenvalue weighted by atomic mass is 10.1. The number of amides is 1. The molecule has 6 heteroatoms. The molecular formula is C15H15N3O3. The Morgan fingerprint density at radius 2 is 1.95 bits per heavy atom. The van der Waals surface area contributed by atoms with Gasteiger partial charge in [-0.2, -0.15) is 0 Å². The Morgan fingerprint density at radius 3 is 2.57 bits per heavy atom. The zero-order chi connectivity index (χ0) is 15.4. The SMILES string of the molecule is Cc1ccc(C(=O)NC(C)c2ccncc2)cc1[N+](=O)[O-]. The summed E-state index contributed by atoms with van der Waals surface area (Å²) in [6.07, 6.45) is 3.30. The predicted octanol–water partition coefficient (Wildman–Crippen LogP) is 2.79. The molecule has 108 valence electrons. The molecular weight excluding hydrogens is 270 g/mol. The van der Waals surface area contributed by atoms with Crippen LogP contribution in [-0.4, -0.2) is 15.8 Å². The average Bonchev–Trinajstić information content (AvgIpc) is 2.48. The molecule has 1 atom stereocenters. The van der Waals surface area contributed by atoms with E-state index in [1.54, 1.807) is 31.5 Å². The van der Waals surface area contributed by atoms with Crippen LogP contribution >= 0.6 is 0 Å². The quantitative estimate of drug-likeness (QED) is 0.691. The standard InChI is InChI=1S/C15H15N3O3/c1-10-3-4-13(9-14(10)18(20)21)15(19)17-11(2)12-5-7-16-8-6-12/h3-9,11H,1-2H3,(H,17,19). The third-order valence-corrected chi connectivity index (χ3v) is 3.22. The summed E-state index contributed by atoms with van der Waals surface area (Å²) in [5.74, 6) is -0.345. The average molecular weight is 285 g/mol. The largest absolute Gasteiger partial charge is 0.346 e. The molecule has 0 radical (unpaired) electrons. The molecule has 0 aliphatic heterocycles. The van der Waals surface area contributed by atoms with Crippen molar-refractivity contribution in [2.45, 2.75) is 19.9 Å². The number of carbonyl (C=O) groups excluding carboxylic acids is 1. The summed E-state index contributed by atoms with van der Waals surface area (Å²) in [5.41, 5.74) is 1.66. The number of nitro groups is 1. The van der Waals surface area contributed by atoms with E-state index in [9.17, 15) is 14.9 Å². The lowest BCUT2D eigenvalue weighted by Gasteiger charge is -2.14. The Hall–Kier alpha value is -2.76. The van der Waals surface area contributed by atoms with Gasteiger partial charge in [0.15, 0.2) is 0 Å². The summed E-state index contributed by atoms with van der Waals surface area (Å²) >= 11 is 0. The van der Waals surface area contributed by atoms with Gasteiger partial charge < -0.3 is 5.32 Å². The normalized spacial score (nSPS) is 11.7. The Labute approximate surface area is 122 Å². The molecule has 1 heterocycles. The molecule has 0 spiro atoms. The molecule has 1 amide bonds. The van der Waals surface area contributed by atoms with Crippen LogP contribution in [0.3, 0.4) is 0 Å². The second-order valence-corrected chi connectivity index (χ2v) is 4.73. The molecule has 6 nitrogen and oxygen atoms in total. The predicted molar refractivity (Wildman–Crippen MR) is 78.0 cm³/mol. The minimum absolute atomic E-state index is 0.0563. The maximum atomic E-state index is 12.2. The molecule has 1 aromatic carbocycles. The van der Waals surface area contributed by atoms with Gasteiger partial charge in [0.1, 0.15) is 0 Å². The topological polar surface area (TPSA) is 85.1 Å². The first-order valence-electron chi connectivity index (χ1n) is 6.45. The van der Waals surface area contributed by atoms with Crippen LogP contribution < -0.4 is 5.32 Å². The number of nitrogens with zero attached hydrogens (tertiary/aromatic N) is 2. The van der Waals surface area contributed by atoms with Crippen molar-refractivity contribution in [1.82, 2.24) is 10.3 Å². The van der Waals surface area contributed by atoms with Crippen LogP contribution in [0.5, 0.6) is 0 Å². The molecule has 2 aromatic rings. The first-order chi connectivity index (χ1) is 9.99. The molecule has 1 unspecified atom stereocenters. The maximum Gasteiger partial charge on any atom is 0.273 e. The summed E-state index contributed by atoms with van der Waals surface area (Å²) < 4.78 is 0. The van der Waals surface area contributed by atoms with E-state index < -0.39 is 4.92 Å². The number of aryl methyl sites for hydroxylation is 1. The van der Waals surface area contributed by atoms with Gasteiger partial charge in [-0.1, -0.05) is 6.07 Å². The van der Waals surface area contributed by atoms with E-state index in [0.717, 1.165) is 5.56 Å². The Balaban J connectivity index is 2.17. The molecule has 0 fully saturated rings. The van der Waals surface area contributed by atoms with Crippen LogP contribution in [0, 0.1) is 17.0 Å². The highest BCUT2D eigenvalue weighted by Gasteiger charge is 2.16. The number of hydrogen-bond acceptors (Lipinski definition) is 4. The fourth-order valence-corrected chi connectivity index (χ4v) is 1.96. The number of benzene rings is 1. The number of hydrogen-bond donors (Lipinski definition) is 1. The van der Waals surface area contributed by atoms with Gasteiger partial charge >= 0.3 is 0 Å².